The molecule has 2 amide bonds. The first-order valence-corrected chi connectivity index (χ1v) is 16.1. The van der Waals surface area contributed by atoms with Gasteiger partial charge in [0.2, 0.25) is 12.2 Å². The van der Waals surface area contributed by atoms with Crippen molar-refractivity contribution in [2.24, 2.45) is 5.41 Å². The quantitative estimate of drug-likeness (QED) is 0.0832. The van der Waals surface area contributed by atoms with Crippen LogP contribution >= 0.6 is 0 Å². The van der Waals surface area contributed by atoms with Crippen LogP contribution < -0.4 is 10.6 Å². The van der Waals surface area contributed by atoms with Crippen LogP contribution in [0.1, 0.15) is 46.5 Å². The number of aldehydes is 1. The molecule has 2 fully saturated rings. The van der Waals surface area contributed by atoms with Gasteiger partial charge in [-0.1, -0.05) is 32.0 Å². The number of rotatable bonds is 6. The molecule has 245 valence electrons. The summed E-state index contributed by atoms with van der Waals surface area (Å²) in [6, 6.07) is 7.95. The Kier molecular flexibility index (Phi) is 25.6. The number of piperidine rings is 1. The molecule has 2 N–H and O–H groups in total. The first kappa shape index (κ1) is 43.6. The fourth-order valence-electron chi connectivity index (χ4n) is 4.02. The van der Waals surface area contributed by atoms with Gasteiger partial charge < -0.3 is 17.9 Å². The monoisotopic (exact) mass is 718 g/mol. The first-order valence-electron chi connectivity index (χ1n) is 14.1. The molecule has 3 rings (SSSR count). The minimum atomic E-state index is -4.64. The van der Waals surface area contributed by atoms with E-state index in [1.165, 1.54) is 12.1 Å². The van der Waals surface area contributed by atoms with Crippen molar-refractivity contribution in [3.8, 4) is 11.8 Å². The van der Waals surface area contributed by atoms with Gasteiger partial charge in [0.05, 0.1) is 5.41 Å². The van der Waals surface area contributed by atoms with Gasteiger partial charge in [0.15, 0.2) is 0 Å². The third kappa shape index (κ3) is 20.5. The normalized spacial score (nSPS) is 15.9. The number of carbonyl (C=O) groups excluding carboxylic acids is 3. The van der Waals surface area contributed by atoms with Crippen LogP contribution in [0.25, 0.3) is 0 Å². The Hall–Kier alpha value is -2.49. The van der Waals surface area contributed by atoms with Crippen molar-refractivity contribution in [3.05, 3.63) is 66.9 Å². The van der Waals surface area contributed by atoms with E-state index in [9.17, 15) is 27.2 Å². The molecule has 1 aromatic carbocycles. The molecule has 1 unspecified atom stereocenters. The third-order valence-corrected chi connectivity index (χ3v) is 6.37. The van der Waals surface area contributed by atoms with Crippen molar-refractivity contribution in [3.63, 3.8) is 0 Å². The molecule has 44 heavy (non-hydrogen) atoms. The van der Waals surface area contributed by atoms with Crippen LogP contribution in [0.4, 0.5) is 17.6 Å². The number of alkyl halides is 3. The number of likely N-dealkylation sites (tertiary alicyclic amines) is 1. The SMILES string of the molecule is CC.C[S-].Fc1ccccc1.O=CC(F)(F)F.[CH2-]C/C=C\C(C#CC(=O)NC(C)CN1CCC2(CCNC2=O)CC1)=C/[CH]=[Nb]. The Morgan fingerprint density at radius 1 is 1.18 bits per heavy atom. The zero-order valence-corrected chi connectivity index (χ0v) is 28.8. The topological polar surface area (TPSA) is 78.5 Å². The molecule has 0 radical (unpaired) electrons. The second kappa shape index (κ2) is 25.8. The van der Waals surface area contributed by atoms with E-state index in [1.807, 2.05) is 43.2 Å². The fourth-order valence-corrected chi connectivity index (χ4v) is 4.42. The zero-order valence-electron chi connectivity index (χ0n) is 25.8. The van der Waals surface area contributed by atoms with Crippen LogP contribution in [-0.4, -0.2) is 71.9 Å². The van der Waals surface area contributed by atoms with E-state index in [1.54, 1.807) is 45.1 Å². The molecule has 0 aliphatic carbocycles. The Morgan fingerprint density at radius 3 is 2.16 bits per heavy atom. The molecule has 0 saturated carbocycles. The van der Waals surface area contributed by atoms with Gasteiger partial charge in [0, 0.05) is 6.54 Å². The standard InChI is InChI=1S/C21H28N3O2.C6H5F.C2HF3O.C2H6.CH4S.Nb/c1-4-6-7-18(5-2)8-9-19(25)23-17(3)16-24-14-11-21(12-15-24)10-13-22-20(21)26;7-6-4-2-1-3-5-6;3-2(4,5)1-6;2*1-2;/h2,5-7,17H,1,4,10-16H2,3H3,(H,22,26)(H,23,25);1-5H;1H;1-2H3;2H,1H3;/q-1;;;;;/p-1/b7-6-,18-5+;;;;;. The van der Waals surface area contributed by atoms with Gasteiger partial charge in [-0.25, -0.2) is 4.39 Å². The molecular weight excluding hydrogens is 675 g/mol. The van der Waals surface area contributed by atoms with Crippen LogP contribution in [0.15, 0.2) is 54.1 Å². The van der Waals surface area contributed by atoms with Crippen LogP contribution in [0.2, 0.25) is 0 Å². The zero-order chi connectivity index (χ0) is 34.0. The number of carbonyl (C=O) groups is 3. The second-order valence-electron chi connectivity index (χ2n) is 9.13. The molecule has 2 saturated heterocycles. The predicted molar refractivity (Wildman–Crippen MR) is 168 cm³/mol. The van der Waals surface area contributed by atoms with Gasteiger partial charge in [0.1, 0.15) is 5.82 Å². The van der Waals surface area contributed by atoms with E-state index in [-0.39, 0.29) is 29.1 Å². The average Bonchev–Trinajstić information content (AvgIpc) is 3.37. The van der Waals surface area contributed by atoms with Crippen molar-refractivity contribution in [2.45, 2.75) is 58.7 Å². The summed E-state index contributed by atoms with van der Waals surface area (Å²) in [6.45, 7) is 13.1. The van der Waals surface area contributed by atoms with Crippen LogP contribution in [0.5, 0.6) is 0 Å². The maximum atomic E-state index is 12.1. The first-order chi connectivity index (χ1) is 20.9. The van der Waals surface area contributed by atoms with E-state index >= 15 is 0 Å². The predicted octanol–water partition coefficient (Wildman–Crippen LogP) is 4.91. The number of hydrogen-bond acceptors (Lipinski definition) is 5. The summed E-state index contributed by atoms with van der Waals surface area (Å²) >= 11 is 5.65. The molecule has 2 aliphatic rings. The molecule has 12 heteroatoms. The van der Waals surface area contributed by atoms with Gasteiger partial charge in [0.25, 0.3) is 0 Å². The molecule has 1 atom stereocenters. The summed E-state index contributed by atoms with van der Waals surface area (Å²) in [5.74, 6) is 5.35. The van der Waals surface area contributed by atoms with Crippen molar-refractivity contribution < 1.29 is 52.5 Å². The Bertz CT molecular complexity index is 1100. The number of nitrogens with one attached hydrogen (secondary N) is 2. The van der Waals surface area contributed by atoms with Crippen molar-refractivity contribution in [1.29, 1.82) is 0 Å². The van der Waals surface area contributed by atoms with E-state index in [4.69, 9.17) is 4.79 Å². The Balaban J connectivity index is 0. The van der Waals surface area contributed by atoms with E-state index in [0.717, 1.165) is 51.0 Å². The van der Waals surface area contributed by atoms with Gasteiger partial charge in [-0.2, -0.15) is 19.4 Å². The van der Waals surface area contributed by atoms with E-state index in [0.29, 0.717) is 6.42 Å². The molecule has 1 spiro atoms. The Morgan fingerprint density at radius 2 is 1.75 bits per heavy atom. The molecule has 2 aliphatic heterocycles. The van der Waals surface area contributed by atoms with Crippen LogP contribution in [0.3, 0.4) is 0 Å². The van der Waals surface area contributed by atoms with Gasteiger partial charge >= 0.3 is 146 Å². The van der Waals surface area contributed by atoms with Crippen LogP contribution in [-0.2, 0) is 47.6 Å². The van der Waals surface area contributed by atoms with Gasteiger partial charge in [-0.05, 0) is 18.6 Å². The summed E-state index contributed by atoms with van der Waals surface area (Å²) in [5, 5.41) is 5.91. The maximum absolute atomic E-state index is 12.1. The summed E-state index contributed by atoms with van der Waals surface area (Å²) in [4.78, 5) is 35.2. The van der Waals surface area contributed by atoms with Crippen molar-refractivity contribution in [1.82, 2.24) is 15.5 Å². The molecule has 0 aromatic heterocycles. The van der Waals surface area contributed by atoms with Gasteiger partial charge in [-0.3, -0.25) is 9.59 Å². The number of hydrogen-bond donors (Lipinski definition) is 2. The summed E-state index contributed by atoms with van der Waals surface area (Å²) in [5.41, 5.74) is 0.661. The van der Waals surface area contributed by atoms with Crippen molar-refractivity contribution >= 4 is 35.0 Å². The minimum absolute atomic E-state index is 0.0153. The molecule has 0 bridgehead atoms. The molecule has 1 aromatic rings. The molecular formula is C32H43F4N3NbO3S-2. The second-order valence-corrected chi connectivity index (χ2v) is 9.86. The number of halogens is 4. The fraction of sp³-hybridized carbons (Fsp3) is 0.469. The van der Waals surface area contributed by atoms with Crippen molar-refractivity contribution in [2.75, 3.05) is 32.4 Å². The number of amides is 2. The molecule has 2 heterocycles. The van der Waals surface area contributed by atoms with E-state index < -0.39 is 12.5 Å². The third-order valence-electron chi connectivity index (χ3n) is 6.00. The average molecular weight is 719 g/mol. The number of benzene rings is 1. The summed E-state index contributed by atoms with van der Waals surface area (Å²) in [6.07, 6.45) is 5.03. The van der Waals surface area contributed by atoms with Gasteiger partial charge in [-0.15, -0.1) is 0 Å². The molecule has 6 nitrogen and oxygen atoms in total. The number of allylic oxidation sites excluding steroid dienone is 4. The Labute approximate surface area is 277 Å². The van der Waals surface area contributed by atoms with E-state index in [2.05, 4.69) is 46.9 Å². The summed E-state index contributed by atoms with van der Waals surface area (Å²) in [7, 11) is 0. The number of nitrogens with zero attached hydrogens (tertiary/aromatic N) is 1. The van der Waals surface area contributed by atoms with Crippen LogP contribution in [0, 0.1) is 30.0 Å². The summed E-state index contributed by atoms with van der Waals surface area (Å²) < 4.78 is 45.1.